The van der Waals surface area contributed by atoms with E-state index in [4.69, 9.17) is 16.3 Å². The molecule has 1 amide bonds. The molecular formula is C21H20ClN3O3. The van der Waals surface area contributed by atoms with Crippen molar-refractivity contribution in [3.05, 3.63) is 81.6 Å². The molecule has 0 bridgehead atoms. The molecule has 0 unspecified atom stereocenters. The minimum Gasteiger partial charge on any atom is -0.497 e. The summed E-state index contributed by atoms with van der Waals surface area (Å²) in [5, 5.41) is 7.79. The summed E-state index contributed by atoms with van der Waals surface area (Å²) in [5.41, 5.74) is 2.18. The second-order valence-electron chi connectivity index (χ2n) is 6.17. The van der Waals surface area contributed by atoms with Gasteiger partial charge in [-0.2, -0.15) is 5.10 Å². The zero-order valence-electron chi connectivity index (χ0n) is 15.4. The molecule has 0 radical (unpaired) electrons. The zero-order chi connectivity index (χ0) is 19.9. The minimum atomic E-state index is -0.329. The predicted molar refractivity (Wildman–Crippen MR) is 109 cm³/mol. The SMILES string of the molecule is COc1ccc(-c2ccc(=O)n(CC(=O)NCCc3ccc(Cl)cc3)n2)cc1. The molecule has 7 heteroatoms. The number of nitrogens with zero attached hydrogens (tertiary/aromatic N) is 2. The van der Waals surface area contributed by atoms with Gasteiger partial charge >= 0.3 is 0 Å². The van der Waals surface area contributed by atoms with Gasteiger partial charge in [-0.25, -0.2) is 4.68 Å². The molecule has 1 aromatic heterocycles. The number of rotatable bonds is 7. The van der Waals surface area contributed by atoms with E-state index in [9.17, 15) is 9.59 Å². The van der Waals surface area contributed by atoms with E-state index in [1.165, 1.54) is 6.07 Å². The summed E-state index contributed by atoms with van der Waals surface area (Å²) in [6.07, 6.45) is 0.678. The first-order valence-electron chi connectivity index (χ1n) is 8.79. The number of aromatic nitrogens is 2. The van der Waals surface area contributed by atoms with Crippen molar-refractivity contribution < 1.29 is 9.53 Å². The number of carbonyl (C=O) groups is 1. The monoisotopic (exact) mass is 397 g/mol. The van der Waals surface area contributed by atoms with Crippen LogP contribution in [0.5, 0.6) is 5.75 Å². The van der Waals surface area contributed by atoms with Gasteiger partial charge in [0.2, 0.25) is 5.91 Å². The maximum Gasteiger partial charge on any atom is 0.267 e. The fraction of sp³-hybridized carbons (Fsp3) is 0.190. The summed E-state index contributed by atoms with van der Waals surface area (Å²) >= 11 is 5.86. The Bertz CT molecular complexity index is 999. The largest absolute Gasteiger partial charge is 0.497 e. The average molecular weight is 398 g/mol. The molecule has 3 aromatic rings. The Morgan fingerprint density at radius 2 is 1.79 bits per heavy atom. The van der Waals surface area contributed by atoms with Crippen molar-refractivity contribution in [3.63, 3.8) is 0 Å². The molecule has 0 aliphatic carbocycles. The molecule has 3 rings (SSSR count). The Hall–Kier alpha value is -3.12. The maximum atomic E-state index is 12.2. The first kappa shape index (κ1) is 19.6. The van der Waals surface area contributed by atoms with Crippen molar-refractivity contribution in [2.75, 3.05) is 13.7 Å². The van der Waals surface area contributed by atoms with Crippen LogP contribution in [0.1, 0.15) is 5.56 Å². The number of carbonyl (C=O) groups excluding carboxylic acids is 1. The highest BCUT2D eigenvalue weighted by atomic mass is 35.5. The molecule has 6 nitrogen and oxygen atoms in total. The van der Waals surface area contributed by atoms with Gasteiger partial charge in [-0.1, -0.05) is 23.7 Å². The van der Waals surface area contributed by atoms with Crippen molar-refractivity contribution >= 4 is 17.5 Å². The van der Waals surface area contributed by atoms with Crippen LogP contribution in [0.3, 0.4) is 0 Å². The summed E-state index contributed by atoms with van der Waals surface area (Å²) in [6, 6.07) is 17.8. The van der Waals surface area contributed by atoms with E-state index in [-0.39, 0.29) is 18.0 Å². The smallest absolute Gasteiger partial charge is 0.267 e. The predicted octanol–water partition coefficient (Wildman–Crippen LogP) is 2.93. The highest BCUT2D eigenvalue weighted by Gasteiger charge is 2.08. The van der Waals surface area contributed by atoms with Gasteiger partial charge in [-0.3, -0.25) is 9.59 Å². The molecular weight excluding hydrogens is 378 g/mol. The van der Waals surface area contributed by atoms with Crippen LogP contribution < -0.4 is 15.6 Å². The van der Waals surface area contributed by atoms with Gasteiger partial charge in [0.05, 0.1) is 12.8 Å². The Morgan fingerprint density at radius 3 is 2.46 bits per heavy atom. The molecule has 0 fully saturated rings. The van der Waals surface area contributed by atoms with Gasteiger partial charge < -0.3 is 10.1 Å². The van der Waals surface area contributed by atoms with Crippen LogP contribution in [0.2, 0.25) is 5.02 Å². The van der Waals surface area contributed by atoms with Crippen molar-refractivity contribution in [1.29, 1.82) is 0 Å². The quantitative estimate of drug-likeness (QED) is 0.665. The summed E-state index contributed by atoms with van der Waals surface area (Å²) in [4.78, 5) is 24.2. The number of amides is 1. The van der Waals surface area contributed by atoms with Crippen LogP contribution in [0.4, 0.5) is 0 Å². The fourth-order valence-electron chi connectivity index (χ4n) is 2.67. The van der Waals surface area contributed by atoms with Crippen molar-refractivity contribution in [1.82, 2.24) is 15.1 Å². The van der Waals surface area contributed by atoms with Crippen LogP contribution in [-0.2, 0) is 17.8 Å². The number of nitrogens with one attached hydrogen (secondary N) is 1. The molecule has 1 N–H and O–H groups in total. The third-order valence-electron chi connectivity index (χ3n) is 4.19. The average Bonchev–Trinajstić information content (AvgIpc) is 2.71. The van der Waals surface area contributed by atoms with Gasteiger partial charge in [-0.15, -0.1) is 0 Å². The number of ether oxygens (including phenoxy) is 1. The third kappa shape index (κ3) is 5.20. The molecule has 28 heavy (non-hydrogen) atoms. The Morgan fingerprint density at radius 1 is 1.07 bits per heavy atom. The lowest BCUT2D eigenvalue weighted by molar-refractivity contribution is -0.121. The molecule has 0 spiro atoms. The molecule has 0 atom stereocenters. The Kier molecular flexibility index (Phi) is 6.45. The standard InChI is InChI=1S/C21H20ClN3O3/c1-28-18-8-4-16(5-9-18)19-10-11-21(27)25(24-19)14-20(26)23-13-12-15-2-6-17(22)7-3-15/h2-11H,12-14H2,1H3,(H,23,26). The Labute approximate surface area is 167 Å². The van der Waals surface area contributed by atoms with Crippen LogP contribution in [0, 0.1) is 0 Å². The lowest BCUT2D eigenvalue weighted by Crippen LogP contribution is -2.34. The lowest BCUT2D eigenvalue weighted by atomic mass is 10.1. The summed E-state index contributed by atoms with van der Waals surface area (Å²) < 4.78 is 6.30. The second kappa shape index (κ2) is 9.19. The summed E-state index contributed by atoms with van der Waals surface area (Å²) in [7, 11) is 1.60. The molecule has 0 saturated carbocycles. The van der Waals surface area contributed by atoms with E-state index in [1.54, 1.807) is 13.2 Å². The van der Waals surface area contributed by atoms with E-state index < -0.39 is 0 Å². The molecule has 144 valence electrons. The third-order valence-corrected chi connectivity index (χ3v) is 4.45. The molecule has 0 saturated heterocycles. The van der Waals surface area contributed by atoms with Crippen molar-refractivity contribution in [2.45, 2.75) is 13.0 Å². The van der Waals surface area contributed by atoms with Gasteiger partial charge in [0, 0.05) is 23.2 Å². The second-order valence-corrected chi connectivity index (χ2v) is 6.61. The van der Waals surface area contributed by atoms with Gasteiger partial charge in [0.1, 0.15) is 12.3 Å². The minimum absolute atomic E-state index is 0.135. The normalized spacial score (nSPS) is 10.5. The zero-order valence-corrected chi connectivity index (χ0v) is 16.1. The van der Waals surface area contributed by atoms with E-state index in [0.717, 1.165) is 21.6 Å². The van der Waals surface area contributed by atoms with Gasteiger partial charge in [-0.05, 0) is 54.4 Å². The highest BCUT2D eigenvalue weighted by molar-refractivity contribution is 6.30. The fourth-order valence-corrected chi connectivity index (χ4v) is 2.79. The van der Waals surface area contributed by atoms with Crippen LogP contribution in [0.25, 0.3) is 11.3 Å². The Balaban J connectivity index is 1.61. The topological polar surface area (TPSA) is 73.2 Å². The summed E-state index contributed by atoms with van der Waals surface area (Å²) in [5.74, 6) is 0.465. The number of methoxy groups -OCH3 is 1. The molecule has 1 heterocycles. The van der Waals surface area contributed by atoms with Gasteiger partial charge in [0.15, 0.2) is 0 Å². The van der Waals surface area contributed by atoms with Crippen LogP contribution in [0.15, 0.2) is 65.5 Å². The molecule has 0 aliphatic heterocycles. The molecule has 2 aromatic carbocycles. The van der Waals surface area contributed by atoms with E-state index in [1.807, 2.05) is 48.5 Å². The van der Waals surface area contributed by atoms with Crippen molar-refractivity contribution in [3.8, 4) is 17.0 Å². The number of halogens is 1. The lowest BCUT2D eigenvalue weighted by Gasteiger charge is -2.09. The first-order valence-corrected chi connectivity index (χ1v) is 9.17. The van der Waals surface area contributed by atoms with Crippen LogP contribution in [-0.4, -0.2) is 29.3 Å². The highest BCUT2D eigenvalue weighted by Crippen LogP contribution is 2.19. The van der Waals surface area contributed by atoms with E-state index in [2.05, 4.69) is 10.4 Å². The number of benzene rings is 2. The summed E-state index contributed by atoms with van der Waals surface area (Å²) in [6.45, 7) is 0.330. The maximum absolute atomic E-state index is 12.2. The van der Waals surface area contributed by atoms with Crippen LogP contribution >= 0.6 is 11.6 Å². The number of hydrogen-bond donors (Lipinski definition) is 1. The molecule has 0 aliphatic rings. The first-order chi connectivity index (χ1) is 13.5. The van der Waals surface area contributed by atoms with Gasteiger partial charge in [0.25, 0.3) is 5.56 Å². The number of hydrogen-bond acceptors (Lipinski definition) is 4. The van der Waals surface area contributed by atoms with E-state index in [0.29, 0.717) is 23.7 Å². The van der Waals surface area contributed by atoms with E-state index >= 15 is 0 Å². The van der Waals surface area contributed by atoms with Crippen molar-refractivity contribution in [2.24, 2.45) is 0 Å².